The van der Waals surface area contributed by atoms with Gasteiger partial charge in [-0.05, 0) is 12.8 Å². The molecule has 0 aliphatic rings. The maximum Gasteiger partial charge on any atom is 0.231 e. The molecule has 0 aliphatic carbocycles. The standard InChI is InChI=1S/C10H21N3O3/c1-6(2)8(9(11)13-15)10(14)12-7(3)5-16-4/h6-8,15H,5H2,1-4H3,(H2,11,13)(H,12,14). The fourth-order valence-corrected chi connectivity index (χ4v) is 1.47. The molecule has 0 spiro atoms. The highest BCUT2D eigenvalue weighted by Gasteiger charge is 2.27. The van der Waals surface area contributed by atoms with Gasteiger partial charge in [0.05, 0.1) is 6.61 Å². The van der Waals surface area contributed by atoms with Gasteiger partial charge >= 0.3 is 0 Å². The van der Waals surface area contributed by atoms with Crippen LogP contribution in [0.4, 0.5) is 0 Å². The van der Waals surface area contributed by atoms with E-state index in [9.17, 15) is 4.79 Å². The molecular formula is C10H21N3O3. The summed E-state index contributed by atoms with van der Waals surface area (Å²) in [5, 5.41) is 14.2. The molecule has 0 aromatic heterocycles. The highest BCUT2D eigenvalue weighted by molar-refractivity contribution is 6.02. The fourth-order valence-electron chi connectivity index (χ4n) is 1.47. The zero-order valence-electron chi connectivity index (χ0n) is 10.2. The number of nitrogens with two attached hydrogens (primary N) is 1. The van der Waals surface area contributed by atoms with Gasteiger partial charge in [0.1, 0.15) is 5.92 Å². The van der Waals surface area contributed by atoms with E-state index < -0.39 is 5.92 Å². The van der Waals surface area contributed by atoms with Gasteiger partial charge in [0.2, 0.25) is 5.91 Å². The van der Waals surface area contributed by atoms with Crippen LogP contribution < -0.4 is 11.1 Å². The molecule has 6 nitrogen and oxygen atoms in total. The van der Waals surface area contributed by atoms with Crippen LogP contribution in [0.3, 0.4) is 0 Å². The third kappa shape index (κ3) is 4.48. The number of ether oxygens (including phenoxy) is 1. The molecule has 0 rings (SSSR count). The van der Waals surface area contributed by atoms with Crippen molar-refractivity contribution in [2.75, 3.05) is 13.7 Å². The summed E-state index contributed by atoms with van der Waals surface area (Å²) in [6.45, 7) is 5.92. The van der Waals surface area contributed by atoms with E-state index >= 15 is 0 Å². The van der Waals surface area contributed by atoms with Crippen LogP contribution in [0.2, 0.25) is 0 Å². The summed E-state index contributed by atoms with van der Waals surface area (Å²) < 4.78 is 4.91. The predicted molar refractivity (Wildman–Crippen MR) is 61.2 cm³/mol. The minimum absolute atomic E-state index is 0.0364. The molecule has 2 atom stereocenters. The van der Waals surface area contributed by atoms with Crippen LogP contribution in [0.25, 0.3) is 0 Å². The van der Waals surface area contributed by atoms with Gasteiger partial charge in [0.15, 0.2) is 5.84 Å². The molecule has 0 aromatic rings. The van der Waals surface area contributed by atoms with Crippen molar-refractivity contribution in [2.24, 2.45) is 22.7 Å². The molecule has 0 aromatic carbocycles. The van der Waals surface area contributed by atoms with Gasteiger partial charge in [0.25, 0.3) is 0 Å². The number of amidine groups is 1. The van der Waals surface area contributed by atoms with Gasteiger partial charge in [-0.2, -0.15) is 0 Å². The number of oxime groups is 1. The van der Waals surface area contributed by atoms with E-state index in [4.69, 9.17) is 15.7 Å². The largest absolute Gasteiger partial charge is 0.409 e. The van der Waals surface area contributed by atoms with E-state index in [-0.39, 0.29) is 23.7 Å². The molecule has 0 saturated heterocycles. The summed E-state index contributed by atoms with van der Waals surface area (Å²) in [5.74, 6) is -0.984. The SMILES string of the molecule is COCC(C)NC(=O)C(C(N)=NO)C(C)C. The zero-order valence-corrected chi connectivity index (χ0v) is 10.2. The van der Waals surface area contributed by atoms with Crippen LogP contribution in [0.15, 0.2) is 5.16 Å². The first-order valence-corrected chi connectivity index (χ1v) is 5.20. The van der Waals surface area contributed by atoms with Gasteiger partial charge in [-0.3, -0.25) is 4.79 Å². The van der Waals surface area contributed by atoms with Crippen LogP contribution in [-0.4, -0.2) is 36.7 Å². The van der Waals surface area contributed by atoms with E-state index in [2.05, 4.69) is 10.5 Å². The number of hydrogen-bond acceptors (Lipinski definition) is 4. The van der Waals surface area contributed by atoms with Crippen LogP contribution in [0.1, 0.15) is 20.8 Å². The lowest BCUT2D eigenvalue weighted by Gasteiger charge is -2.21. The van der Waals surface area contributed by atoms with Crippen LogP contribution in [-0.2, 0) is 9.53 Å². The van der Waals surface area contributed by atoms with Crippen molar-refractivity contribution in [3.63, 3.8) is 0 Å². The van der Waals surface area contributed by atoms with E-state index in [0.29, 0.717) is 6.61 Å². The lowest BCUT2D eigenvalue weighted by atomic mass is 9.93. The molecule has 0 fully saturated rings. The molecule has 2 unspecified atom stereocenters. The number of carbonyl (C=O) groups excluding carboxylic acids is 1. The summed E-state index contributed by atoms with van der Waals surface area (Å²) >= 11 is 0. The topological polar surface area (TPSA) is 96.9 Å². The molecule has 4 N–H and O–H groups in total. The van der Waals surface area contributed by atoms with Gasteiger partial charge in [-0.1, -0.05) is 19.0 Å². The third-order valence-electron chi connectivity index (χ3n) is 2.19. The van der Waals surface area contributed by atoms with Gasteiger partial charge in [-0.15, -0.1) is 0 Å². The summed E-state index contributed by atoms with van der Waals surface area (Å²) in [4.78, 5) is 11.8. The number of rotatable bonds is 6. The highest BCUT2D eigenvalue weighted by Crippen LogP contribution is 2.11. The molecular weight excluding hydrogens is 210 g/mol. The second-order valence-corrected chi connectivity index (χ2v) is 4.11. The van der Waals surface area contributed by atoms with E-state index in [1.54, 1.807) is 7.11 Å². The number of methoxy groups -OCH3 is 1. The number of amides is 1. The molecule has 0 bridgehead atoms. The third-order valence-corrected chi connectivity index (χ3v) is 2.19. The number of hydrogen-bond donors (Lipinski definition) is 3. The van der Waals surface area contributed by atoms with E-state index in [1.807, 2.05) is 20.8 Å². The monoisotopic (exact) mass is 231 g/mol. The van der Waals surface area contributed by atoms with Crippen molar-refractivity contribution in [1.29, 1.82) is 0 Å². The van der Waals surface area contributed by atoms with Crippen LogP contribution in [0.5, 0.6) is 0 Å². The first kappa shape index (κ1) is 14.7. The van der Waals surface area contributed by atoms with Crippen molar-refractivity contribution in [3.05, 3.63) is 0 Å². The summed E-state index contributed by atoms with van der Waals surface area (Å²) in [6.07, 6.45) is 0. The Labute approximate surface area is 95.8 Å². The lowest BCUT2D eigenvalue weighted by Crippen LogP contribution is -2.46. The van der Waals surface area contributed by atoms with E-state index in [1.165, 1.54) is 0 Å². The normalized spacial score (nSPS) is 15.9. The van der Waals surface area contributed by atoms with Crippen molar-refractivity contribution >= 4 is 11.7 Å². The highest BCUT2D eigenvalue weighted by atomic mass is 16.5. The van der Waals surface area contributed by atoms with Gasteiger partial charge < -0.3 is 21.0 Å². The van der Waals surface area contributed by atoms with E-state index in [0.717, 1.165) is 0 Å². The Bertz CT molecular complexity index is 254. The molecule has 0 radical (unpaired) electrons. The summed E-state index contributed by atoms with van der Waals surface area (Å²) in [5.41, 5.74) is 5.48. The summed E-state index contributed by atoms with van der Waals surface area (Å²) in [7, 11) is 1.56. The molecule has 94 valence electrons. The van der Waals surface area contributed by atoms with Crippen LogP contribution >= 0.6 is 0 Å². The molecule has 16 heavy (non-hydrogen) atoms. The second-order valence-electron chi connectivity index (χ2n) is 4.11. The van der Waals surface area contributed by atoms with Crippen molar-refractivity contribution in [2.45, 2.75) is 26.8 Å². The minimum Gasteiger partial charge on any atom is -0.409 e. The molecule has 6 heteroatoms. The van der Waals surface area contributed by atoms with Crippen LogP contribution in [0, 0.1) is 11.8 Å². The maximum atomic E-state index is 11.8. The minimum atomic E-state index is -0.621. The average molecular weight is 231 g/mol. The molecule has 0 heterocycles. The molecule has 0 saturated carbocycles. The Balaban J connectivity index is 4.52. The Morgan fingerprint density at radius 3 is 2.44 bits per heavy atom. The van der Waals surface area contributed by atoms with Gasteiger partial charge in [-0.25, -0.2) is 0 Å². The lowest BCUT2D eigenvalue weighted by molar-refractivity contribution is -0.125. The Morgan fingerprint density at radius 2 is 2.06 bits per heavy atom. The maximum absolute atomic E-state index is 11.8. The fraction of sp³-hybridized carbons (Fsp3) is 0.800. The van der Waals surface area contributed by atoms with Crippen molar-refractivity contribution in [3.8, 4) is 0 Å². The second kappa shape index (κ2) is 7.05. The predicted octanol–water partition coefficient (Wildman–Crippen LogP) is 0.156. The zero-order chi connectivity index (χ0) is 12.7. The number of carbonyl (C=O) groups is 1. The summed E-state index contributed by atoms with van der Waals surface area (Å²) in [6, 6.07) is -0.106. The number of nitrogens with one attached hydrogen (secondary N) is 1. The molecule has 0 aliphatic heterocycles. The Hall–Kier alpha value is -1.30. The van der Waals surface area contributed by atoms with Crippen molar-refractivity contribution < 1.29 is 14.7 Å². The first-order valence-electron chi connectivity index (χ1n) is 5.20. The smallest absolute Gasteiger partial charge is 0.231 e. The Morgan fingerprint density at radius 1 is 1.50 bits per heavy atom. The number of nitrogens with zero attached hydrogens (tertiary/aromatic N) is 1. The van der Waals surface area contributed by atoms with Crippen molar-refractivity contribution in [1.82, 2.24) is 5.32 Å². The van der Waals surface area contributed by atoms with Gasteiger partial charge in [0, 0.05) is 13.2 Å². The quantitative estimate of drug-likeness (QED) is 0.262. The molecule has 1 amide bonds. The Kier molecular flexibility index (Phi) is 6.48. The first-order chi connectivity index (χ1) is 7.43. The average Bonchev–Trinajstić information content (AvgIpc) is 2.17.